The molecule has 32 heavy (non-hydrogen) atoms. The molecule has 0 unspecified atom stereocenters. The third-order valence-electron chi connectivity index (χ3n) is 5.77. The van der Waals surface area contributed by atoms with E-state index in [1.165, 1.54) is 5.69 Å². The van der Waals surface area contributed by atoms with Gasteiger partial charge in [-0.15, -0.1) is 0 Å². The van der Waals surface area contributed by atoms with E-state index in [0.717, 1.165) is 26.2 Å². The van der Waals surface area contributed by atoms with Crippen LogP contribution in [0.15, 0.2) is 79.1 Å². The van der Waals surface area contributed by atoms with E-state index in [2.05, 4.69) is 39.0 Å². The minimum atomic E-state index is -0.551. The Morgan fingerprint density at radius 1 is 0.875 bits per heavy atom. The Morgan fingerprint density at radius 2 is 1.53 bits per heavy atom. The van der Waals surface area contributed by atoms with E-state index in [9.17, 15) is 9.59 Å². The van der Waals surface area contributed by atoms with Crippen molar-refractivity contribution in [3.8, 4) is 0 Å². The molecule has 0 atom stereocenters. The molecule has 3 aromatic rings. The Balaban J connectivity index is 1.48. The Bertz CT molecular complexity index is 1050. The van der Waals surface area contributed by atoms with Crippen LogP contribution in [0.4, 0.5) is 11.4 Å². The van der Waals surface area contributed by atoms with E-state index in [1.807, 2.05) is 12.1 Å². The summed E-state index contributed by atoms with van der Waals surface area (Å²) >= 11 is 0. The van der Waals surface area contributed by atoms with Crippen LogP contribution in [0.1, 0.15) is 20.7 Å². The van der Waals surface area contributed by atoms with Gasteiger partial charge < -0.3 is 15.5 Å². The quantitative estimate of drug-likeness (QED) is 0.624. The highest BCUT2D eigenvalue weighted by atomic mass is 16.2. The summed E-state index contributed by atoms with van der Waals surface area (Å²) in [7, 11) is 0. The van der Waals surface area contributed by atoms with Crippen LogP contribution in [0.25, 0.3) is 0 Å². The van der Waals surface area contributed by atoms with Gasteiger partial charge in [0.1, 0.15) is 0 Å². The van der Waals surface area contributed by atoms with Crippen molar-refractivity contribution in [2.45, 2.75) is 0 Å². The predicted molar refractivity (Wildman–Crippen MR) is 126 cm³/mol. The molecule has 0 radical (unpaired) electrons. The third-order valence-corrected chi connectivity index (χ3v) is 5.77. The number of piperazine rings is 1. The second kappa shape index (κ2) is 10.1. The number of para-hydroxylation sites is 2. The standard InChI is InChI=1S/C25H27N5O2/c26-24(31)22-8-4-5-9-23(22)30(25(32)20-10-12-27-13-11-20)19-16-28-14-17-29(18-15-28)21-6-2-1-3-7-21/h1-13H,14-19H2,(H2,26,31). The monoisotopic (exact) mass is 429 g/mol. The zero-order valence-corrected chi connectivity index (χ0v) is 17.9. The molecule has 7 heteroatoms. The Morgan fingerprint density at radius 3 is 2.22 bits per heavy atom. The summed E-state index contributed by atoms with van der Waals surface area (Å²) < 4.78 is 0. The summed E-state index contributed by atoms with van der Waals surface area (Å²) in [5.41, 5.74) is 8.22. The fourth-order valence-corrected chi connectivity index (χ4v) is 4.01. The average molecular weight is 430 g/mol. The number of nitrogens with two attached hydrogens (primary N) is 1. The molecule has 2 aromatic carbocycles. The van der Waals surface area contributed by atoms with Crippen LogP contribution in [0.3, 0.4) is 0 Å². The van der Waals surface area contributed by atoms with Crippen LogP contribution >= 0.6 is 0 Å². The molecule has 4 rings (SSSR count). The fraction of sp³-hybridized carbons (Fsp3) is 0.240. The van der Waals surface area contributed by atoms with E-state index >= 15 is 0 Å². The maximum atomic E-state index is 13.3. The summed E-state index contributed by atoms with van der Waals surface area (Å²) in [4.78, 5) is 35.7. The molecule has 1 fully saturated rings. The second-order valence-electron chi connectivity index (χ2n) is 7.74. The summed E-state index contributed by atoms with van der Waals surface area (Å²) in [5.74, 6) is -0.728. The maximum Gasteiger partial charge on any atom is 0.258 e. The second-order valence-corrected chi connectivity index (χ2v) is 7.74. The van der Waals surface area contributed by atoms with Crippen LogP contribution in [0.2, 0.25) is 0 Å². The molecule has 0 aliphatic carbocycles. The largest absolute Gasteiger partial charge is 0.369 e. The number of aromatic nitrogens is 1. The Hall–Kier alpha value is -3.71. The first-order valence-electron chi connectivity index (χ1n) is 10.8. The summed E-state index contributed by atoms with van der Waals surface area (Å²) in [5, 5.41) is 0. The van der Waals surface area contributed by atoms with Crippen molar-refractivity contribution < 1.29 is 9.59 Å². The van der Waals surface area contributed by atoms with Gasteiger partial charge in [0, 0.05) is 62.9 Å². The van der Waals surface area contributed by atoms with Crippen molar-refractivity contribution in [1.29, 1.82) is 0 Å². The summed E-state index contributed by atoms with van der Waals surface area (Å²) in [6.07, 6.45) is 3.18. The number of hydrogen-bond acceptors (Lipinski definition) is 5. The molecule has 0 spiro atoms. The molecule has 1 saturated heterocycles. The summed E-state index contributed by atoms with van der Waals surface area (Å²) in [6, 6.07) is 20.8. The number of hydrogen-bond donors (Lipinski definition) is 1. The number of nitrogens with zero attached hydrogens (tertiary/aromatic N) is 4. The molecule has 0 saturated carbocycles. The lowest BCUT2D eigenvalue weighted by Gasteiger charge is -2.37. The van der Waals surface area contributed by atoms with Crippen molar-refractivity contribution in [2.75, 3.05) is 49.1 Å². The molecule has 2 N–H and O–H groups in total. The van der Waals surface area contributed by atoms with Crippen LogP contribution in [-0.2, 0) is 0 Å². The molecule has 0 bridgehead atoms. The minimum absolute atomic E-state index is 0.177. The molecule has 1 aliphatic rings. The fourth-order valence-electron chi connectivity index (χ4n) is 4.01. The van der Waals surface area contributed by atoms with Crippen LogP contribution in [0.5, 0.6) is 0 Å². The number of anilines is 2. The van der Waals surface area contributed by atoms with Crippen LogP contribution in [0, 0.1) is 0 Å². The SMILES string of the molecule is NC(=O)c1ccccc1N(CCN1CCN(c2ccccc2)CC1)C(=O)c1ccncc1. The van der Waals surface area contributed by atoms with Crippen molar-refractivity contribution in [2.24, 2.45) is 5.73 Å². The number of pyridine rings is 1. The first-order chi connectivity index (χ1) is 15.6. The first kappa shape index (κ1) is 21.5. The number of carbonyl (C=O) groups excluding carboxylic acids is 2. The molecule has 2 amide bonds. The van der Waals surface area contributed by atoms with E-state index in [4.69, 9.17) is 5.73 Å². The number of primary amides is 1. The van der Waals surface area contributed by atoms with Gasteiger partial charge in [0.25, 0.3) is 11.8 Å². The topological polar surface area (TPSA) is 82.8 Å². The number of rotatable bonds is 7. The zero-order valence-electron chi connectivity index (χ0n) is 17.9. The normalized spacial score (nSPS) is 14.2. The van der Waals surface area contributed by atoms with Gasteiger partial charge >= 0.3 is 0 Å². The van der Waals surface area contributed by atoms with Gasteiger partial charge in [0.15, 0.2) is 0 Å². The van der Waals surface area contributed by atoms with Gasteiger partial charge in [-0.2, -0.15) is 0 Å². The lowest BCUT2D eigenvalue weighted by Crippen LogP contribution is -2.49. The van der Waals surface area contributed by atoms with Gasteiger partial charge in [0.05, 0.1) is 11.3 Å². The predicted octanol–water partition coefficient (Wildman–Crippen LogP) is 2.65. The highest BCUT2D eigenvalue weighted by Crippen LogP contribution is 2.23. The van der Waals surface area contributed by atoms with Crippen LogP contribution in [-0.4, -0.2) is 61.0 Å². The smallest absolute Gasteiger partial charge is 0.258 e. The van der Waals surface area contributed by atoms with Crippen molar-refractivity contribution in [3.63, 3.8) is 0 Å². The van der Waals surface area contributed by atoms with E-state index < -0.39 is 5.91 Å². The molecule has 164 valence electrons. The summed E-state index contributed by atoms with van der Waals surface area (Å²) in [6.45, 7) is 4.83. The molecule has 1 aromatic heterocycles. The first-order valence-corrected chi connectivity index (χ1v) is 10.8. The maximum absolute atomic E-state index is 13.3. The van der Waals surface area contributed by atoms with Gasteiger partial charge in [-0.05, 0) is 36.4 Å². The molecular formula is C25H27N5O2. The number of carbonyl (C=O) groups is 2. The molecular weight excluding hydrogens is 402 g/mol. The minimum Gasteiger partial charge on any atom is -0.369 e. The number of benzene rings is 2. The van der Waals surface area contributed by atoms with Crippen molar-refractivity contribution >= 4 is 23.2 Å². The van der Waals surface area contributed by atoms with Gasteiger partial charge in [-0.25, -0.2) is 0 Å². The number of amides is 2. The van der Waals surface area contributed by atoms with Gasteiger partial charge in [0.2, 0.25) is 0 Å². The van der Waals surface area contributed by atoms with Crippen molar-refractivity contribution in [3.05, 3.63) is 90.3 Å². The highest BCUT2D eigenvalue weighted by molar-refractivity contribution is 6.10. The van der Waals surface area contributed by atoms with Crippen molar-refractivity contribution in [1.82, 2.24) is 9.88 Å². The molecule has 2 heterocycles. The molecule has 1 aliphatic heterocycles. The third kappa shape index (κ3) is 4.95. The Kier molecular flexibility index (Phi) is 6.77. The zero-order chi connectivity index (χ0) is 22.3. The van der Waals surface area contributed by atoms with E-state index in [-0.39, 0.29) is 5.91 Å². The average Bonchev–Trinajstić information content (AvgIpc) is 2.85. The molecule has 7 nitrogen and oxygen atoms in total. The van der Waals surface area contributed by atoms with Gasteiger partial charge in [-0.3, -0.25) is 19.5 Å². The lowest BCUT2D eigenvalue weighted by atomic mass is 10.1. The highest BCUT2D eigenvalue weighted by Gasteiger charge is 2.24. The van der Waals surface area contributed by atoms with Crippen LogP contribution < -0.4 is 15.5 Å². The van der Waals surface area contributed by atoms with E-state index in [0.29, 0.717) is 29.9 Å². The van der Waals surface area contributed by atoms with E-state index in [1.54, 1.807) is 47.6 Å². The van der Waals surface area contributed by atoms with Gasteiger partial charge in [-0.1, -0.05) is 30.3 Å². The Labute approximate surface area is 188 Å². The lowest BCUT2D eigenvalue weighted by molar-refractivity contribution is 0.0982.